The molecular formula is C21H22F2N2O2. The molecule has 2 atom stereocenters. The normalized spacial score (nSPS) is 23.8. The first-order valence-electron chi connectivity index (χ1n) is 9.24. The fourth-order valence-corrected chi connectivity index (χ4v) is 3.98. The largest absolute Gasteiger partial charge is 0.368 e. The number of halogens is 2. The van der Waals surface area contributed by atoms with E-state index in [2.05, 4.69) is 0 Å². The van der Waals surface area contributed by atoms with E-state index in [1.807, 2.05) is 35.2 Å². The van der Waals surface area contributed by atoms with E-state index in [4.69, 9.17) is 4.74 Å². The number of anilines is 1. The topological polar surface area (TPSA) is 32.8 Å². The molecule has 2 aliphatic rings. The summed E-state index contributed by atoms with van der Waals surface area (Å²) in [6, 6.07) is 13.5. The quantitative estimate of drug-likeness (QED) is 0.829. The van der Waals surface area contributed by atoms with Gasteiger partial charge in [-0.2, -0.15) is 0 Å². The highest BCUT2D eigenvalue weighted by Crippen LogP contribution is 2.28. The first kappa shape index (κ1) is 18.1. The van der Waals surface area contributed by atoms with Gasteiger partial charge >= 0.3 is 0 Å². The van der Waals surface area contributed by atoms with Crippen molar-refractivity contribution in [2.75, 3.05) is 31.1 Å². The molecule has 0 aliphatic carbocycles. The molecule has 0 radical (unpaired) electrons. The minimum atomic E-state index is -0.518. The predicted molar refractivity (Wildman–Crippen MR) is 98.3 cm³/mol. The fourth-order valence-electron chi connectivity index (χ4n) is 3.98. The van der Waals surface area contributed by atoms with E-state index >= 15 is 0 Å². The lowest BCUT2D eigenvalue weighted by atomic mass is 9.93. The van der Waals surface area contributed by atoms with Crippen LogP contribution in [0.15, 0.2) is 48.5 Å². The van der Waals surface area contributed by atoms with Crippen LogP contribution in [0.1, 0.15) is 12.0 Å². The Balaban J connectivity index is 1.50. The van der Waals surface area contributed by atoms with Gasteiger partial charge in [0, 0.05) is 43.3 Å². The van der Waals surface area contributed by atoms with E-state index in [0.717, 1.165) is 12.1 Å². The van der Waals surface area contributed by atoms with Gasteiger partial charge in [0.05, 0.1) is 6.10 Å². The highest BCUT2D eigenvalue weighted by molar-refractivity contribution is 5.94. The molecule has 2 aromatic rings. The molecule has 4 rings (SSSR count). The Bertz CT molecular complexity index is 795. The second-order valence-electron chi connectivity index (χ2n) is 7.17. The smallest absolute Gasteiger partial charge is 0.252 e. The van der Waals surface area contributed by atoms with Crippen LogP contribution >= 0.6 is 0 Å². The molecule has 2 heterocycles. The maximum atomic E-state index is 14.0. The number of amides is 1. The lowest BCUT2D eigenvalue weighted by Crippen LogP contribution is -2.47. The molecule has 0 unspecified atom stereocenters. The van der Waals surface area contributed by atoms with Gasteiger partial charge in [-0.3, -0.25) is 9.69 Å². The van der Waals surface area contributed by atoms with Crippen molar-refractivity contribution in [3.05, 3.63) is 65.7 Å². The predicted octanol–water partition coefficient (Wildman–Crippen LogP) is 3.22. The zero-order chi connectivity index (χ0) is 18.8. The minimum absolute atomic E-state index is 0.00983. The third-order valence-electron chi connectivity index (χ3n) is 5.40. The van der Waals surface area contributed by atoms with E-state index in [-0.39, 0.29) is 36.6 Å². The van der Waals surface area contributed by atoms with Crippen LogP contribution in [-0.4, -0.2) is 43.2 Å². The molecule has 27 heavy (non-hydrogen) atoms. The fraction of sp³-hybridized carbons (Fsp3) is 0.381. The zero-order valence-electron chi connectivity index (χ0n) is 15.0. The molecule has 2 fully saturated rings. The summed E-state index contributed by atoms with van der Waals surface area (Å²) in [6.07, 6.45) is 0.737. The maximum Gasteiger partial charge on any atom is 0.252 e. The lowest BCUT2D eigenvalue weighted by Gasteiger charge is -2.38. The van der Waals surface area contributed by atoms with Crippen LogP contribution in [0, 0.1) is 17.6 Å². The molecule has 0 bridgehead atoms. The summed E-state index contributed by atoms with van der Waals surface area (Å²) < 4.78 is 33.8. The molecule has 142 valence electrons. The van der Waals surface area contributed by atoms with Crippen molar-refractivity contribution >= 4 is 11.6 Å². The molecule has 6 heteroatoms. The number of carbonyl (C=O) groups is 1. The Morgan fingerprint density at radius 1 is 1.00 bits per heavy atom. The van der Waals surface area contributed by atoms with E-state index < -0.39 is 11.6 Å². The van der Waals surface area contributed by atoms with Crippen LogP contribution in [0.25, 0.3) is 0 Å². The Labute approximate surface area is 157 Å². The van der Waals surface area contributed by atoms with Gasteiger partial charge in [-0.15, -0.1) is 0 Å². The number of rotatable bonds is 3. The SMILES string of the molecule is O=C1CO[C@H]2CCN(Cc3c(F)cccc3F)C[C@@H]2CN1c1ccccc1. The summed E-state index contributed by atoms with van der Waals surface area (Å²) in [5, 5.41) is 0. The number of hydrogen-bond acceptors (Lipinski definition) is 3. The van der Waals surface area contributed by atoms with Gasteiger partial charge < -0.3 is 9.64 Å². The van der Waals surface area contributed by atoms with Crippen molar-refractivity contribution in [1.82, 2.24) is 4.90 Å². The maximum absolute atomic E-state index is 14.0. The third kappa shape index (κ3) is 3.87. The molecule has 1 amide bonds. The summed E-state index contributed by atoms with van der Waals surface area (Å²) in [5.41, 5.74) is 0.950. The van der Waals surface area contributed by atoms with E-state index in [9.17, 15) is 13.6 Å². The molecule has 2 aliphatic heterocycles. The molecule has 0 N–H and O–H groups in total. The van der Waals surface area contributed by atoms with Crippen LogP contribution in [0.3, 0.4) is 0 Å². The summed E-state index contributed by atoms with van der Waals surface area (Å²) >= 11 is 0. The van der Waals surface area contributed by atoms with Crippen LogP contribution in [-0.2, 0) is 16.1 Å². The minimum Gasteiger partial charge on any atom is -0.368 e. The standard InChI is InChI=1S/C21H22F2N2O2/c22-18-7-4-8-19(23)17(18)13-24-10-9-20-15(11-24)12-25(21(26)14-27-20)16-5-2-1-3-6-16/h1-8,15,20H,9-14H2/t15-,20+/m1/s1. The molecule has 2 saturated heterocycles. The molecule has 0 saturated carbocycles. The van der Waals surface area contributed by atoms with Crippen LogP contribution in [0.2, 0.25) is 0 Å². The summed E-state index contributed by atoms with van der Waals surface area (Å²) in [5.74, 6) is -0.992. The first-order valence-corrected chi connectivity index (χ1v) is 9.24. The molecular weight excluding hydrogens is 350 g/mol. The number of benzene rings is 2. The van der Waals surface area contributed by atoms with Crippen molar-refractivity contribution in [2.45, 2.75) is 19.1 Å². The number of likely N-dealkylation sites (tertiary alicyclic amines) is 1. The van der Waals surface area contributed by atoms with Gasteiger partial charge in [-0.05, 0) is 30.7 Å². The van der Waals surface area contributed by atoms with Crippen molar-refractivity contribution in [3.8, 4) is 0 Å². The number of fused-ring (bicyclic) bond motifs is 1. The van der Waals surface area contributed by atoms with Gasteiger partial charge in [0.1, 0.15) is 18.2 Å². The molecule has 0 spiro atoms. The van der Waals surface area contributed by atoms with Gasteiger partial charge in [0.15, 0.2) is 0 Å². The summed E-state index contributed by atoms with van der Waals surface area (Å²) in [4.78, 5) is 16.3. The van der Waals surface area contributed by atoms with E-state index in [0.29, 0.717) is 19.6 Å². The Morgan fingerprint density at radius 2 is 1.74 bits per heavy atom. The highest BCUT2D eigenvalue weighted by atomic mass is 19.1. The molecule has 2 aromatic carbocycles. The summed E-state index contributed by atoms with van der Waals surface area (Å²) in [7, 11) is 0. The number of nitrogens with zero attached hydrogens (tertiary/aromatic N) is 2. The first-order chi connectivity index (χ1) is 13.1. The highest BCUT2D eigenvalue weighted by Gasteiger charge is 2.36. The average Bonchev–Trinajstić information content (AvgIpc) is 2.84. The number of hydrogen-bond donors (Lipinski definition) is 0. The number of carbonyl (C=O) groups excluding carboxylic acids is 1. The van der Waals surface area contributed by atoms with E-state index in [1.165, 1.54) is 18.2 Å². The van der Waals surface area contributed by atoms with Gasteiger partial charge in [-0.1, -0.05) is 24.3 Å². The third-order valence-corrected chi connectivity index (χ3v) is 5.40. The van der Waals surface area contributed by atoms with Gasteiger partial charge in [-0.25, -0.2) is 8.78 Å². The second kappa shape index (κ2) is 7.74. The zero-order valence-corrected chi connectivity index (χ0v) is 15.0. The Hall–Kier alpha value is -2.31. The van der Waals surface area contributed by atoms with Crippen molar-refractivity contribution in [1.29, 1.82) is 0 Å². The van der Waals surface area contributed by atoms with E-state index in [1.54, 1.807) is 4.90 Å². The van der Waals surface area contributed by atoms with Crippen molar-refractivity contribution in [3.63, 3.8) is 0 Å². The Morgan fingerprint density at radius 3 is 2.48 bits per heavy atom. The number of para-hydroxylation sites is 1. The van der Waals surface area contributed by atoms with Gasteiger partial charge in [0.25, 0.3) is 5.91 Å². The monoisotopic (exact) mass is 372 g/mol. The second-order valence-corrected chi connectivity index (χ2v) is 7.17. The van der Waals surface area contributed by atoms with Crippen molar-refractivity contribution < 1.29 is 18.3 Å². The van der Waals surface area contributed by atoms with Crippen LogP contribution < -0.4 is 4.90 Å². The van der Waals surface area contributed by atoms with Gasteiger partial charge in [0.2, 0.25) is 0 Å². The molecule has 0 aromatic heterocycles. The lowest BCUT2D eigenvalue weighted by molar-refractivity contribution is -0.124. The molecule has 4 nitrogen and oxygen atoms in total. The number of ether oxygens (including phenoxy) is 1. The Kier molecular flexibility index (Phi) is 5.18. The van der Waals surface area contributed by atoms with Crippen LogP contribution in [0.4, 0.5) is 14.5 Å². The summed E-state index contributed by atoms with van der Waals surface area (Å²) in [6.45, 7) is 2.16. The van der Waals surface area contributed by atoms with Crippen LogP contribution in [0.5, 0.6) is 0 Å². The van der Waals surface area contributed by atoms with Crippen molar-refractivity contribution in [2.24, 2.45) is 5.92 Å². The average molecular weight is 372 g/mol. The number of piperidine rings is 1.